The fourth-order valence-corrected chi connectivity index (χ4v) is 2.76. The first-order valence-electron chi connectivity index (χ1n) is 8.84. The van der Waals surface area contributed by atoms with Crippen LogP contribution in [0.2, 0.25) is 0 Å². The predicted molar refractivity (Wildman–Crippen MR) is 93.5 cm³/mol. The Morgan fingerprint density at radius 2 is 2.08 bits per heavy atom. The molecule has 1 aliphatic carbocycles. The maximum atomic E-state index is 12.3. The van der Waals surface area contributed by atoms with Crippen molar-refractivity contribution in [2.75, 3.05) is 51.7 Å². The minimum Gasteiger partial charge on any atom is -0.423 e. The lowest BCUT2D eigenvalue weighted by Crippen LogP contribution is -2.53. The molecule has 0 unspecified atom stereocenters. The van der Waals surface area contributed by atoms with Gasteiger partial charge in [-0.2, -0.15) is 5.26 Å². The van der Waals surface area contributed by atoms with E-state index in [-0.39, 0.29) is 6.03 Å². The number of amides is 2. The summed E-state index contributed by atoms with van der Waals surface area (Å²) in [6.45, 7) is 5.19. The third-order valence-electron chi connectivity index (χ3n) is 4.94. The van der Waals surface area contributed by atoms with E-state index in [2.05, 4.69) is 28.2 Å². The summed E-state index contributed by atoms with van der Waals surface area (Å²) in [5, 5.41) is 12.3. The second-order valence-corrected chi connectivity index (χ2v) is 7.06. The van der Waals surface area contributed by atoms with Crippen LogP contribution in [0, 0.1) is 11.3 Å². The second-order valence-electron chi connectivity index (χ2n) is 7.06. The summed E-state index contributed by atoms with van der Waals surface area (Å²) in [7, 11) is 3.99. The largest absolute Gasteiger partial charge is 0.423 e. The minimum absolute atomic E-state index is 0.0369. The summed E-state index contributed by atoms with van der Waals surface area (Å²) in [5.74, 6) is 1.63. The molecular weight excluding hydrogens is 320 g/mol. The van der Waals surface area contributed by atoms with Crippen LogP contribution >= 0.6 is 0 Å². The highest BCUT2D eigenvalue weighted by atomic mass is 16.4. The van der Waals surface area contributed by atoms with Crippen LogP contribution in [0.5, 0.6) is 0 Å². The fraction of sp³-hybridized carbons (Fsp3) is 0.706. The van der Waals surface area contributed by atoms with Gasteiger partial charge in [-0.15, -0.1) is 0 Å². The number of hydrogen-bond donors (Lipinski definition) is 1. The molecule has 2 fully saturated rings. The molecule has 136 valence electrons. The van der Waals surface area contributed by atoms with E-state index in [1.807, 2.05) is 23.9 Å². The molecule has 2 aliphatic rings. The zero-order valence-corrected chi connectivity index (χ0v) is 15.2. The Bertz CT molecular complexity index is 653. The average molecular weight is 346 g/mol. The molecule has 1 atom stereocenters. The Morgan fingerprint density at radius 3 is 2.64 bits per heavy atom. The molecule has 1 N–H and O–H groups in total. The lowest BCUT2D eigenvalue weighted by Gasteiger charge is -2.34. The number of rotatable bonds is 5. The van der Waals surface area contributed by atoms with E-state index in [0.29, 0.717) is 62.2 Å². The van der Waals surface area contributed by atoms with E-state index in [0.717, 1.165) is 12.8 Å². The van der Waals surface area contributed by atoms with Gasteiger partial charge in [0.15, 0.2) is 0 Å². The first-order valence-corrected chi connectivity index (χ1v) is 8.84. The summed E-state index contributed by atoms with van der Waals surface area (Å²) >= 11 is 0. The van der Waals surface area contributed by atoms with Crippen molar-refractivity contribution >= 4 is 11.9 Å². The molecule has 1 aliphatic heterocycles. The van der Waals surface area contributed by atoms with Gasteiger partial charge in [-0.05, 0) is 33.9 Å². The van der Waals surface area contributed by atoms with Crippen molar-refractivity contribution in [2.24, 2.45) is 0 Å². The number of aromatic nitrogens is 1. The maximum absolute atomic E-state index is 12.3. The summed E-state index contributed by atoms with van der Waals surface area (Å²) in [4.78, 5) is 22.5. The molecule has 8 heteroatoms. The summed E-state index contributed by atoms with van der Waals surface area (Å²) < 4.78 is 5.84. The van der Waals surface area contributed by atoms with Gasteiger partial charge < -0.3 is 24.4 Å². The van der Waals surface area contributed by atoms with E-state index in [1.165, 1.54) is 0 Å². The van der Waals surface area contributed by atoms with Gasteiger partial charge in [0.1, 0.15) is 6.07 Å². The lowest BCUT2D eigenvalue weighted by molar-refractivity contribution is 0.189. The normalized spacial score (nSPS) is 19.0. The number of nitrogens with zero attached hydrogens (tertiary/aromatic N) is 5. The van der Waals surface area contributed by atoms with Gasteiger partial charge in [-0.3, -0.25) is 0 Å². The average Bonchev–Trinajstić information content (AvgIpc) is 3.38. The first-order chi connectivity index (χ1) is 12.0. The molecule has 1 saturated heterocycles. The summed E-state index contributed by atoms with van der Waals surface area (Å²) in [5.41, 5.74) is 0.361. The minimum atomic E-state index is -0.0369. The van der Waals surface area contributed by atoms with Crippen LogP contribution < -0.4 is 10.2 Å². The predicted octanol–water partition coefficient (Wildman–Crippen LogP) is 1.21. The quantitative estimate of drug-likeness (QED) is 0.862. The number of carbonyl (C=O) groups excluding carboxylic acids is 1. The molecule has 3 rings (SSSR count). The highest BCUT2D eigenvalue weighted by molar-refractivity contribution is 5.74. The fourth-order valence-electron chi connectivity index (χ4n) is 2.76. The Balaban J connectivity index is 1.53. The molecule has 0 aromatic carbocycles. The van der Waals surface area contributed by atoms with Crippen molar-refractivity contribution in [3.05, 3.63) is 11.6 Å². The standard InChI is InChI=1S/C17H26N6O2/c1-12(21(2)3)11-19-17(24)23-8-6-22(7-9-23)16-14(10-18)20-15(25-16)13-4-5-13/h12-13H,4-9,11H2,1-3H3,(H,19,24)/t12-/m0/s1. The smallest absolute Gasteiger partial charge is 0.317 e. The van der Waals surface area contributed by atoms with Crippen molar-refractivity contribution in [1.82, 2.24) is 20.1 Å². The van der Waals surface area contributed by atoms with E-state index < -0.39 is 0 Å². The zero-order valence-electron chi connectivity index (χ0n) is 15.2. The van der Waals surface area contributed by atoms with Crippen molar-refractivity contribution in [3.8, 4) is 6.07 Å². The van der Waals surface area contributed by atoms with Crippen molar-refractivity contribution in [3.63, 3.8) is 0 Å². The van der Waals surface area contributed by atoms with Crippen LogP contribution in [0.25, 0.3) is 0 Å². The topological polar surface area (TPSA) is 88.6 Å². The van der Waals surface area contributed by atoms with Crippen LogP contribution in [-0.2, 0) is 0 Å². The van der Waals surface area contributed by atoms with Crippen LogP contribution in [0.3, 0.4) is 0 Å². The van der Waals surface area contributed by atoms with Crippen LogP contribution in [0.15, 0.2) is 4.42 Å². The maximum Gasteiger partial charge on any atom is 0.317 e. The number of likely N-dealkylation sites (N-methyl/N-ethyl adjacent to an activating group) is 1. The molecule has 1 aromatic heterocycles. The summed E-state index contributed by atoms with van der Waals surface area (Å²) in [6.07, 6.45) is 2.17. The first kappa shape index (κ1) is 17.5. The van der Waals surface area contributed by atoms with Crippen LogP contribution in [0.1, 0.15) is 37.3 Å². The number of nitrogens with one attached hydrogen (secondary N) is 1. The molecule has 8 nitrogen and oxygen atoms in total. The highest BCUT2D eigenvalue weighted by Gasteiger charge is 2.32. The van der Waals surface area contributed by atoms with Crippen LogP contribution in [0.4, 0.5) is 10.7 Å². The van der Waals surface area contributed by atoms with Gasteiger partial charge in [0.2, 0.25) is 17.5 Å². The Labute approximate surface area is 148 Å². The van der Waals surface area contributed by atoms with Crippen LogP contribution in [-0.4, -0.2) is 73.7 Å². The van der Waals surface area contributed by atoms with Crippen molar-refractivity contribution in [2.45, 2.75) is 31.7 Å². The Hall–Kier alpha value is -2.27. The Morgan fingerprint density at radius 1 is 1.40 bits per heavy atom. The number of oxazole rings is 1. The van der Waals surface area contributed by atoms with Crippen molar-refractivity contribution < 1.29 is 9.21 Å². The number of urea groups is 1. The molecule has 0 bridgehead atoms. The van der Waals surface area contributed by atoms with Gasteiger partial charge in [-0.1, -0.05) is 0 Å². The molecule has 0 radical (unpaired) electrons. The van der Waals surface area contributed by atoms with E-state index in [4.69, 9.17) is 4.42 Å². The van der Waals surface area contributed by atoms with E-state index in [9.17, 15) is 10.1 Å². The SMILES string of the molecule is C[C@@H](CNC(=O)N1CCN(c2oc(C3CC3)nc2C#N)CC1)N(C)C. The lowest BCUT2D eigenvalue weighted by atomic mass is 10.3. The molecule has 2 amide bonds. The number of piperazine rings is 1. The number of anilines is 1. The molecular formula is C17H26N6O2. The second kappa shape index (κ2) is 7.31. The molecule has 1 saturated carbocycles. The number of carbonyl (C=O) groups is 1. The molecule has 25 heavy (non-hydrogen) atoms. The van der Waals surface area contributed by atoms with Gasteiger partial charge in [-0.25, -0.2) is 9.78 Å². The zero-order chi connectivity index (χ0) is 18.0. The van der Waals surface area contributed by atoms with Gasteiger partial charge in [0, 0.05) is 44.7 Å². The Kier molecular flexibility index (Phi) is 5.13. The molecule has 1 aromatic rings. The highest BCUT2D eigenvalue weighted by Crippen LogP contribution is 2.41. The molecule has 2 heterocycles. The summed E-state index contributed by atoms with van der Waals surface area (Å²) in [6, 6.07) is 2.38. The van der Waals surface area contributed by atoms with E-state index >= 15 is 0 Å². The molecule has 0 spiro atoms. The van der Waals surface area contributed by atoms with E-state index in [1.54, 1.807) is 0 Å². The van der Waals surface area contributed by atoms with Gasteiger partial charge in [0.25, 0.3) is 0 Å². The van der Waals surface area contributed by atoms with Gasteiger partial charge in [0.05, 0.1) is 0 Å². The van der Waals surface area contributed by atoms with Crippen molar-refractivity contribution in [1.29, 1.82) is 5.26 Å². The third-order valence-corrected chi connectivity index (χ3v) is 4.94. The monoisotopic (exact) mass is 346 g/mol. The van der Waals surface area contributed by atoms with Gasteiger partial charge >= 0.3 is 6.03 Å². The number of hydrogen-bond acceptors (Lipinski definition) is 6. The third kappa shape index (κ3) is 4.04. The number of nitriles is 1.